The number of nitrogens with zero attached hydrogens (tertiary/aromatic N) is 1. The Bertz CT molecular complexity index is 935. The van der Waals surface area contributed by atoms with E-state index in [0.717, 1.165) is 0 Å². The molecule has 0 aliphatic heterocycles. The molecule has 1 N–H and O–H groups in total. The van der Waals surface area contributed by atoms with Crippen molar-refractivity contribution >= 4 is 21.1 Å². The van der Waals surface area contributed by atoms with Gasteiger partial charge in [0.2, 0.25) is 10.0 Å². The van der Waals surface area contributed by atoms with Gasteiger partial charge in [-0.3, -0.25) is 4.57 Å². The van der Waals surface area contributed by atoms with Crippen LogP contribution in [0.15, 0.2) is 55.3 Å². The lowest BCUT2D eigenvalue weighted by molar-refractivity contribution is 0.527. The number of sulfonamides is 1. The van der Waals surface area contributed by atoms with Crippen LogP contribution in [0.25, 0.3) is 11.1 Å². The lowest BCUT2D eigenvalue weighted by Gasteiger charge is -2.05. The van der Waals surface area contributed by atoms with E-state index in [1.807, 2.05) is 0 Å². The van der Waals surface area contributed by atoms with Gasteiger partial charge in [-0.05, 0) is 18.2 Å². The highest BCUT2D eigenvalue weighted by molar-refractivity contribution is 7.89. The first kappa shape index (κ1) is 13.7. The average Bonchev–Trinajstić information content (AvgIpc) is 3.06. The fourth-order valence-electron chi connectivity index (χ4n) is 1.94. The number of aryl methyl sites for hydroxylation is 1. The zero-order chi connectivity index (χ0) is 15.0. The van der Waals surface area contributed by atoms with Crippen molar-refractivity contribution in [2.45, 2.75) is 11.4 Å². The summed E-state index contributed by atoms with van der Waals surface area (Å²) in [5, 5.41) is 0. The van der Waals surface area contributed by atoms with E-state index in [1.54, 1.807) is 13.1 Å². The van der Waals surface area contributed by atoms with Crippen molar-refractivity contribution in [1.29, 1.82) is 0 Å². The molecule has 0 atom stereocenters. The SMILES string of the molecule is Cn1c(=O)oc2cc(S(=O)(=O)NCc3ccoc3)ccc21. The number of benzene rings is 1. The molecule has 7 nitrogen and oxygen atoms in total. The molecule has 2 aromatic heterocycles. The van der Waals surface area contributed by atoms with Crippen molar-refractivity contribution in [3.05, 3.63) is 52.9 Å². The topological polar surface area (TPSA) is 94.5 Å². The normalized spacial score (nSPS) is 12.0. The standard InChI is InChI=1S/C13H12N2O5S/c1-15-11-3-2-10(6-12(11)20-13(15)16)21(17,18)14-7-9-4-5-19-8-9/h2-6,8,14H,7H2,1H3. The van der Waals surface area contributed by atoms with E-state index in [2.05, 4.69) is 4.72 Å². The summed E-state index contributed by atoms with van der Waals surface area (Å²) in [7, 11) is -2.14. The molecule has 0 radical (unpaired) electrons. The minimum Gasteiger partial charge on any atom is -0.472 e. The Morgan fingerprint density at radius 3 is 2.81 bits per heavy atom. The number of furan rings is 1. The van der Waals surface area contributed by atoms with Crippen LogP contribution in [0.5, 0.6) is 0 Å². The van der Waals surface area contributed by atoms with Crippen LogP contribution in [0.1, 0.15) is 5.56 Å². The first-order valence-electron chi connectivity index (χ1n) is 6.08. The van der Waals surface area contributed by atoms with Gasteiger partial charge in [0.1, 0.15) is 0 Å². The molecule has 0 bridgehead atoms. The Hall–Kier alpha value is -2.32. The van der Waals surface area contributed by atoms with Gasteiger partial charge in [-0.1, -0.05) is 0 Å². The molecule has 0 amide bonds. The first-order chi connectivity index (χ1) is 9.97. The van der Waals surface area contributed by atoms with Gasteiger partial charge in [0, 0.05) is 25.2 Å². The quantitative estimate of drug-likeness (QED) is 0.781. The molecule has 1 aromatic carbocycles. The van der Waals surface area contributed by atoms with Gasteiger partial charge < -0.3 is 8.83 Å². The predicted molar refractivity (Wildman–Crippen MR) is 74.2 cm³/mol. The largest absolute Gasteiger partial charge is 0.472 e. The van der Waals surface area contributed by atoms with Gasteiger partial charge in [0.25, 0.3) is 0 Å². The molecule has 110 valence electrons. The molecule has 3 aromatic rings. The second kappa shape index (κ2) is 4.90. The summed E-state index contributed by atoms with van der Waals surface area (Å²) >= 11 is 0. The Balaban J connectivity index is 1.93. The third-order valence-electron chi connectivity index (χ3n) is 3.12. The first-order valence-corrected chi connectivity index (χ1v) is 7.56. The summed E-state index contributed by atoms with van der Waals surface area (Å²) in [5.41, 5.74) is 1.48. The van der Waals surface area contributed by atoms with E-state index in [9.17, 15) is 13.2 Å². The van der Waals surface area contributed by atoms with Gasteiger partial charge in [-0.25, -0.2) is 17.9 Å². The summed E-state index contributed by atoms with van der Waals surface area (Å²) < 4.78 is 38.0. The average molecular weight is 308 g/mol. The number of aromatic nitrogens is 1. The molecule has 0 spiro atoms. The van der Waals surface area contributed by atoms with Crippen LogP contribution in [-0.4, -0.2) is 13.0 Å². The Labute approximate surface area is 119 Å². The smallest absolute Gasteiger partial charge is 0.419 e. The maximum Gasteiger partial charge on any atom is 0.419 e. The minimum atomic E-state index is -3.69. The molecule has 0 saturated heterocycles. The van der Waals surface area contributed by atoms with Crippen LogP contribution in [0.3, 0.4) is 0 Å². The fourth-order valence-corrected chi connectivity index (χ4v) is 2.97. The fraction of sp³-hybridized carbons (Fsp3) is 0.154. The number of rotatable bonds is 4. The molecule has 0 aliphatic carbocycles. The van der Waals surface area contributed by atoms with E-state index in [4.69, 9.17) is 8.83 Å². The van der Waals surface area contributed by atoms with E-state index < -0.39 is 15.8 Å². The molecule has 0 saturated carbocycles. The summed E-state index contributed by atoms with van der Waals surface area (Å²) in [6, 6.07) is 5.96. The lowest BCUT2D eigenvalue weighted by atomic mass is 10.3. The molecule has 8 heteroatoms. The lowest BCUT2D eigenvalue weighted by Crippen LogP contribution is -2.22. The van der Waals surface area contributed by atoms with Crippen molar-refractivity contribution in [2.24, 2.45) is 7.05 Å². The highest BCUT2D eigenvalue weighted by Gasteiger charge is 2.16. The summed E-state index contributed by atoms with van der Waals surface area (Å²) in [4.78, 5) is 11.4. The Kier molecular flexibility index (Phi) is 3.19. The molecule has 0 unspecified atom stereocenters. The highest BCUT2D eigenvalue weighted by atomic mass is 32.2. The number of nitrogens with one attached hydrogen (secondary N) is 1. The Morgan fingerprint density at radius 1 is 1.29 bits per heavy atom. The molecule has 2 heterocycles. The van der Waals surface area contributed by atoms with Crippen LogP contribution in [0.2, 0.25) is 0 Å². The van der Waals surface area contributed by atoms with Gasteiger partial charge in [0.15, 0.2) is 5.58 Å². The molecular weight excluding hydrogens is 296 g/mol. The Morgan fingerprint density at radius 2 is 2.10 bits per heavy atom. The summed E-state index contributed by atoms with van der Waals surface area (Å²) in [5.74, 6) is -0.536. The van der Waals surface area contributed by atoms with Crippen LogP contribution in [0, 0.1) is 0 Å². The predicted octanol–water partition coefficient (Wildman–Crippen LogP) is 1.20. The highest BCUT2D eigenvalue weighted by Crippen LogP contribution is 2.18. The van der Waals surface area contributed by atoms with Crippen LogP contribution in [0.4, 0.5) is 0 Å². The molecular formula is C13H12N2O5S. The summed E-state index contributed by atoms with van der Waals surface area (Å²) in [6.07, 6.45) is 2.93. The van der Waals surface area contributed by atoms with Gasteiger partial charge in [-0.2, -0.15) is 0 Å². The zero-order valence-corrected chi connectivity index (χ0v) is 11.9. The minimum absolute atomic E-state index is 0.0350. The molecule has 0 aliphatic rings. The van der Waals surface area contributed by atoms with Crippen molar-refractivity contribution < 1.29 is 17.3 Å². The second-order valence-electron chi connectivity index (χ2n) is 4.51. The monoisotopic (exact) mass is 308 g/mol. The van der Waals surface area contributed by atoms with Crippen molar-refractivity contribution in [2.75, 3.05) is 0 Å². The van der Waals surface area contributed by atoms with Crippen molar-refractivity contribution in [3.63, 3.8) is 0 Å². The molecule has 0 fully saturated rings. The van der Waals surface area contributed by atoms with Crippen molar-refractivity contribution in [3.8, 4) is 0 Å². The number of hydrogen-bond donors (Lipinski definition) is 1. The van der Waals surface area contributed by atoms with Gasteiger partial charge >= 0.3 is 5.76 Å². The second-order valence-corrected chi connectivity index (χ2v) is 6.28. The zero-order valence-electron chi connectivity index (χ0n) is 11.1. The van der Waals surface area contributed by atoms with E-state index in [-0.39, 0.29) is 17.0 Å². The van der Waals surface area contributed by atoms with E-state index in [0.29, 0.717) is 11.1 Å². The van der Waals surface area contributed by atoms with Crippen LogP contribution < -0.4 is 10.5 Å². The van der Waals surface area contributed by atoms with Crippen LogP contribution in [-0.2, 0) is 23.6 Å². The van der Waals surface area contributed by atoms with Gasteiger partial charge in [-0.15, -0.1) is 0 Å². The maximum absolute atomic E-state index is 12.2. The number of hydrogen-bond acceptors (Lipinski definition) is 5. The molecule has 21 heavy (non-hydrogen) atoms. The van der Waals surface area contributed by atoms with E-state index in [1.165, 1.54) is 35.3 Å². The third kappa shape index (κ3) is 2.50. The van der Waals surface area contributed by atoms with Crippen molar-refractivity contribution in [1.82, 2.24) is 9.29 Å². The van der Waals surface area contributed by atoms with Gasteiger partial charge in [0.05, 0.1) is 22.9 Å². The molecule has 3 rings (SSSR count). The third-order valence-corrected chi connectivity index (χ3v) is 4.52. The van der Waals surface area contributed by atoms with E-state index >= 15 is 0 Å². The summed E-state index contributed by atoms with van der Waals surface area (Å²) in [6.45, 7) is 0.121. The maximum atomic E-state index is 12.2. The number of fused-ring (bicyclic) bond motifs is 1. The van der Waals surface area contributed by atoms with Crippen LogP contribution >= 0.6 is 0 Å². The number of oxazole rings is 1.